The standard InChI is InChI=1S/C20H23N5O3S/c1-14(2)19-13-21-23-25(19)17-7-5-6-16(12-17)22-20(26)15-8-10-18(11-9-15)29(27,28)24(3)4/h5-14H,1-4H3,(H,22,26). The summed E-state index contributed by atoms with van der Waals surface area (Å²) in [7, 11) is -0.612. The van der Waals surface area contributed by atoms with Crippen molar-refractivity contribution in [3.8, 4) is 5.69 Å². The molecule has 1 aromatic heterocycles. The van der Waals surface area contributed by atoms with E-state index >= 15 is 0 Å². The number of nitrogens with one attached hydrogen (secondary N) is 1. The van der Waals surface area contributed by atoms with Gasteiger partial charge in [0.15, 0.2) is 0 Å². The van der Waals surface area contributed by atoms with E-state index < -0.39 is 10.0 Å². The SMILES string of the molecule is CC(C)c1cnnn1-c1cccc(NC(=O)c2ccc(S(=O)(=O)N(C)C)cc2)c1. The topological polar surface area (TPSA) is 97.2 Å². The highest BCUT2D eigenvalue weighted by atomic mass is 32.2. The van der Waals surface area contributed by atoms with Gasteiger partial charge in [0.25, 0.3) is 5.91 Å². The van der Waals surface area contributed by atoms with E-state index in [0.29, 0.717) is 11.3 Å². The summed E-state index contributed by atoms with van der Waals surface area (Å²) in [6.07, 6.45) is 1.72. The molecular formula is C20H23N5O3S. The molecule has 0 radical (unpaired) electrons. The minimum absolute atomic E-state index is 0.133. The summed E-state index contributed by atoms with van der Waals surface area (Å²) in [6.45, 7) is 4.11. The van der Waals surface area contributed by atoms with E-state index in [1.165, 1.54) is 38.4 Å². The zero-order valence-corrected chi connectivity index (χ0v) is 17.5. The molecule has 1 amide bonds. The Morgan fingerprint density at radius 3 is 2.41 bits per heavy atom. The molecule has 3 rings (SSSR count). The molecule has 1 heterocycles. The Morgan fingerprint density at radius 1 is 1.10 bits per heavy atom. The van der Waals surface area contributed by atoms with Crippen molar-refractivity contribution in [2.75, 3.05) is 19.4 Å². The minimum atomic E-state index is -3.53. The Morgan fingerprint density at radius 2 is 1.79 bits per heavy atom. The van der Waals surface area contributed by atoms with E-state index in [0.717, 1.165) is 15.7 Å². The Kier molecular flexibility index (Phi) is 5.81. The molecule has 0 fully saturated rings. The van der Waals surface area contributed by atoms with Crippen LogP contribution in [0.15, 0.2) is 59.6 Å². The van der Waals surface area contributed by atoms with Crippen LogP contribution in [0.3, 0.4) is 0 Å². The highest BCUT2D eigenvalue weighted by molar-refractivity contribution is 7.89. The molecule has 3 aromatic rings. The third-order valence-electron chi connectivity index (χ3n) is 4.41. The number of carbonyl (C=O) groups is 1. The second kappa shape index (κ2) is 8.14. The molecule has 8 nitrogen and oxygen atoms in total. The van der Waals surface area contributed by atoms with Gasteiger partial charge < -0.3 is 5.32 Å². The van der Waals surface area contributed by atoms with Crippen molar-refractivity contribution < 1.29 is 13.2 Å². The summed E-state index contributed by atoms with van der Waals surface area (Å²) in [5.41, 5.74) is 2.71. The van der Waals surface area contributed by atoms with Crippen LogP contribution in [-0.4, -0.2) is 47.7 Å². The molecular weight excluding hydrogens is 390 g/mol. The summed E-state index contributed by atoms with van der Waals surface area (Å²) in [6, 6.07) is 13.1. The molecule has 0 spiro atoms. The third-order valence-corrected chi connectivity index (χ3v) is 6.24. The van der Waals surface area contributed by atoms with Crippen molar-refractivity contribution in [1.29, 1.82) is 0 Å². The van der Waals surface area contributed by atoms with Gasteiger partial charge in [-0.3, -0.25) is 4.79 Å². The fourth-order valence-corrected chi connectivity index (χ4v) is 3.65. The van der Waals surface area contributed by atoms with Crippen LogP contribution >= 0.6 is 0 Å². The Hall–Kier alpha value is -3.04. The fourth-order valence-electron chi connectivity index (χ4n) is 2.75. The van der Waals surface area contributed by atoms with Gasteiger partial charge in [0, 0.05) is 25.3 Å². The van der Waals surface area contributed by atoms with Crippen molar-refractivity contribution in [3.05, 3.63) is 66.0 Å². The first kappa shape index (κ1) is 20.7. The molecule has 2 aromatic carbocycles. The monoisotopic (exact) mass is 413 g/mol. The van der Waals surface area contributed by atoms with E-state index in [-0.39, 0.29) is 16.7 Å². The van der Waals surface area contributed by atoms with Gasteiger partial charge in [0.2, 0.25) is 10.0 Å². The van der Waals surface area contributed by atoms with Crippen LogP contribution in [0.2, 0.25) is 0 Å². The smallest absolute Gasteiger partial charge is 0.255 e. The van der Waals surface area contributed by atoms with Crippen molar-refractivity contribution in [1.82, 2.24) is 19.3 Å². The first-order valence-corrected chi connectivity index (χ1v) is 10.5. The summed E-state index contributed by atoms with van der Waals surface area (Å²) in [5.74, 6) is -0.0844. The van der Waals surface area contributed by atoms with Gasteiger partial charge >= 0.3 is 0 Å². The number of carbonyl (C=O) groups excluding carboxylic acids is 1. The molecule has 0 saturated carbocycles. The van der Waals surface area contributed by atoms with Crippen LogP contribution < -0.4 is 5.32 Å². The summed E-state index contributed by atoms with van der Waals surface area (Å²) >= 11 is 0. The molecule has 29 heavy (non-hydrogen) atoms. The molecule has 0 saturated heterocycles. The average Bonchev–Trinajstić information content (AvgIpc) is 3.18. The normalized spacial score (nSPS) is 11.8. The van der Waals surface area contributed by atoms with Gasteiger partial charge in [0.1, 0.15) is 0 Å². The lowest BCUT2D eigenvalue weighted by Gasteiger charge is -2.12. The molecule has 9 heteroatoms. The highest BCUT2D eigenvalue weighted by Gasteiger charge is 2.18. The molecule has 0 aliphatic carbocycles. The summed E-state index contributed by atoms with van der Waals surface area (Å²) in [4.78, 5) is 12.7. The first-order chi connectivity index (χ1) is 13.7. The van der Waals surface area contributed by atoms with E-state index in [1.807, 2.05) is 18.2 Å². The number of hydrogen-bond donors (Lipinski definition) is 1. The Labute approximate surface area is 170 Å². The lowest BCUT2D eigenvalue weighted by Crippen LogP contribution is -2.22. The van der Waals surface area contributed by atoms with Gasteiger partial charge in [-0.1, -0.05) is 25.1 Å². The maximum absolute atomic E-state index is 12.6. The quantitative estimate of drug-likeness (QED) is 0.670. The minimum Gasteiger partial charge on any atom is -0.322 e. The molecule has 0 atom stereocenters. The molecule has 0 bridgehead atoms. The van der Waals surface area contributed by atoms with Crippen molar-refractivity contribution in [3.63, 3.8) is 0 Å². The van der Waals surface area contributed by atoms with Crippen molar-refractivity contribution in [2.45, 2.75) is 24.7 Å². The number of anilines is 1. The summed E-state index contributed by atoms with van der Waals surface area (Å²) in [5, 5.41) is 10.9. The van der Waals surface area contributed by atoms with E-state index in [2.05, 4.69) is 29.5 Å². The van der Waals surface area contributed by atoms with Crippen LogP contribution in [0.5, 0.6) is 0 Å². The van der Waals surface area contributed by atoms with Crippen molar-refractivity contribution in [2.24, 2.45) is 0 Å². The summed E-state index contributed by atoms with van der Waals surface area (Å²) < 4.78 is 27.1. The number of sulfonamides is 1. The number of hydrogen-bond acceptors (Lipinski definition) is 5. The molecule has 1 N–H and O–H groups in total. The van der Waals surface area contributed by atoms with Gasteiger partial charge in [0.05, 0.1) is 22.5 Å². The fraction of sp³-hybridized carbons (Fsp3) is 0.250. The van der Waals surface area contributed by atoms with Crippen LogP contribution in [0.4, 0.5) is 5.69 Å². The zero-order valence-electron chi connectivity index (χ0n) is 16.7. The predicted molar refractivity (Wildman–Crippen MR) is 111 cm³/mol. The maximum atomic E-state index is 12.6. The second-order valence-corrected chi connectivity index (χ2v) is 9.19. The van der Waals surface area contributed by atoms with E-state index in [4.69, 9.17) is 0 Å². The largest absolute Gasteiger partial charge is 0.322 e. The number of nitrogens with zero attached hydrogens (tertiary/aromatic N) is 4. The molecule has 152 valence electrons. The Balaban J connectivity index is 1.80. The Bertz CT molecular complexity index is 1120. The number of benzene rings is 2. The lowest BCUT2D eigenvalue weighted by molar-refractivity contribution is 0.102. The van der Waals surface area contributed by atoms with E-state index in [1.54, 1.807) is 16.9 Å². The van der Waals surface area contributed by atoms with Gasteiger partial charge in [-0.15, -0.1) is 5.10 Å². The highest BCUT2D eigenvalue weighted by Crippen LogP contribution is 2.21. The van der Waals surface area contributed by atoms with Gasteiger partial charge in [-0.05, 0) is 48.4 Å². The second-order valence-electron chi connectivity index (χ2n) is 7.04. The average molecular weight is 414 g/mol. The molecule has 0 aliphatic heterocycles. The number of rotatable bonds is 6. The van der Waals surface area contributed by atoms with Crippen molar-refractivity contribution >= 4 is 21.6 Å². The maximum Gasteiger partial charge on any atom is 0.255 e. The number of amides is 1. The van der Waals surface area contributed by atoms with Gasteiger partial charge in [-0.25, -0.2) is 17.4 Å². The molecule has 0 aliphatic rings. The third kappa shape index (κ3) is 4.36. The van der Waals surface area contributed by atoms with Crippen LogP contribution in [0.1, 0.15) is 35.8 Å². The van der Waals surface area contributed by atoms with Crippen LogP contribution in [-0.2, 0) is 10.0 Å². The zero-order chi connectivity index (χ0) is 21.2. The predicted octanol–water partition coefficient (Wildman–Crippen LogP) is 2.89. The first-order valence-electron chi connectivity index (χ1n) is 9.05. The molecule has 0 unspecified atom stereocenters. The van der Waals surface area contributed by atoms with Crippen LogP contribution in [0.25, 0.3) is 5.69 Å². The lowest BCUT2D eigenvalue weighted by atomic mass is 10.1. The number of aromatic nitrogens is 3. The van der Waals surface area contributed by atoms with E-state index in [9.17, 15) is 13.2 Å². The van der Waals surface area contributed by atoms with Gasteiger partial charge in [-0.2, -0.15) is 0 Å². The van der Waals surface area contributed by atoms with Crippen LogP contribution in [0, 0.1) is 0 Å².